The number of H-pyrrole nitrogens is 1. The number of aromatic hydroxyl groups is 1. The van der Waals surface area contributed by atoms with Crippen molar-refractivity contribution in [2.45, 2.75) is 63.4 Å². The van der Waals surface area contributed by atoms with Crippen molar-refractivity contribution >= 4 is 28.9 Å². The number of hydrogen-bond acceptors (Lipinski definition) is 11. The number of aliphatic hydroxyl groups is 1. The first-order valence-electron chi connectivity index (χ1n) is 22.4. The SMILES string of the molecule is O=C(NC(c1ccccc1)c1cccc(OCc2ccc(C(=O)N3CCC(C(=O)OCCCCNC[C@H](O)c4ccc(O)c5[nH]c(=O)ccc45)CC3)cc2)c1)O[C@H]1CN2CCC1CC2. The molecule has 0 spiro atoms. The molecule has 5 N–H and O–H groups in total. The lowest BCUT2D eigenvalue weighted by Crippen LogP contribution is -2.52. The van der Waals surface area contributed by atoms with Crippen molar-refractivity contribution in [3.63, 3.8) is 0 Å². The molecule has 336 valence electrons. The molecule has 2 bridgehead atoms. The molecule has 4 saturated heterocycles. The fraction of sp³-hybridized carbons (Fsp3) is 0.400. The zero-order chi connectivity index (χ0) is 44.4. The van der Waals surface area contributed by atoms with Gasteiger partial charge in [-0.25, -0.2) is 4.79 Å². The number of amides is 2. The summed E-state index contributed by atoms with van der Waals surface area (Å²) in [5.41, 5.74) is 3.83. The molecule has 14 heteroatoms. The third-order valence-electron chi connectivity index (χ3n) is 12.8. The Hall–Kier alpha value is -6.22. The van der Waals surface area contributed by atoms with Gasteiger partial charge in [-0.05, 0) is 123 Å². The second-order valence-electron chi connectivity index (χ2n) is 17.1. The number of aromatic amines is 1. The van der Waals surface area contributed by atoms with E-state index in [0.717, 1.165) is 55.6 Å². The van der Waals surface area contributed by atoms with Crippen LogP contribution in [0.1, 0.15) is 83.3 Å². The molecular weight excluding hydrogens is 815 g/mol. The minimum absolute atomic E-state index is 0.0569. The number of carbonyl (C=O) groups is 3. The van der Waals surface area contributed by atoms with E-state index in [9.17, 15) is 29.4 Å². The van der Waals surface area contributed by atoms with Gasteiger partial charge in [0.1, 0.15) is 24.2 Å². The number of ether oxygens (including phenoxy) is 3. The Labute approximate surface area is 372 Å². The number of fused-ring (bicyclic) bond motifs is 4. The fourth-order valence-electron chi connectivity index (χ4n) is 9.07. The van der Waals surface area contributed by atoms with Crippen LogP contribution in [0.15, 0.2) is 108 Å². The van der Waals surface area contributed by atoms with Crippen LogP contribution < -0.4 is 20.9 Å². The lowest BCUT2D eigenvalue weighted by atomic mass is 9.86. The summed E-state index contributed by atoms with van der Waals surface area (Å²) in [6.07, 6.45) is 3.24. The lowest BCUT2D eigenvalue weighted by Gasteiger charge is -2.43. The van der Waals surface area contributed by atoms with Gasteiger partial charge in [-0.3, -0.25) is 19.3 Å². The average molecular weight is 872 g/mol. The number of aliphatic hydroxyl groups excluding tert-OH is 1. The van der Waals surface area contributed by atoms with Crippen LogP contribution in [0.25, 0.3) is 10.9 Å². The number of pyridine rings is 1. The van der Waals surface area contributed by atoms with Crippen LogP contribution in [-0.4, -0.2) is 101 Å². The Morgan fingerprint density at radius 1 is 0.828 bits per heavy atom. The molecule has 4 fully saturated rings. The van der Waals surface area contributed by atoms with Gasteiger partial charge in [0.25, 0.3) is 5.91 Å². The smallest absolute Gasteiger partial charge is 0.408 e. The summed E-state index contributed by atoms with van der Waals surface area (Å²) in [5.74, 6) is 0.435. The maximum Gasteiger partial charge on any atom is 0.408 e. The van der Waals surface area contributed by atoms with Crippen molar-refractivity contribution in [3.05, 3.63) is 141 Å². The highest BCUT2D eigenvalue weighted by molar-refractivity contribution is 5.94. The second-order valence-corrected chi connectivity index (χ2v) is 17.1. The molecule has 3 atom stereocenters. The zero-order valence-electron chi connectivity index (χ0n) is 36.0. The number of carbonyl (C=O) groups excluding carboxylic acids is 3. The molecule has 4 aliphatic rings. The van der Waals surface area contributed by atoms with E-state index in [-0.39, 0.29) is 41.8 Å². The summed E-state index contributed by atoms with van der Waals surface area (Å²) in [5, 5.41) is 27.7. The molecule has 4 aliphatic heterocycles. The zero-order valence-corrected chi connectivity index (χ0v) is 36.0. The van der Waals surface area contributed by atoms with E-state index in [2.05, 4.69) is 20.5 Å². The number of phenolic OH excluding ortho intramolecular Hbond substituents is 1. The number of unbranched alkanes of at least 4 members (excludes halogenated alkanes) is 1. The monoisotopic (exact) mass is 871 g/mol. The normalized spacial score (nSPS) is 19.5. The first kappa shape index (κ1) is 44.4. The molecule has 1 unspecified atom stereocenters. The van der Waals surface area contributed by atoms with Crippen molar-refractivity contribution < 1.29 is 38.8 Å². The summed E-state index contributed by atoms with van der Waals surface area (Å²) in [6.45, 7) is 5.34. The van der Waals surface area contributed by atoms with Crippen LogP contribution in [-0.2, 0) is 20.9 Å². The van der Waals surface area contributed by atoms with E-state index in [0.29, 0.717) is 85.8 Å². The van der Waals surface area contributed by atoms with Crippen LogP contribution >= 0.6 is 0 Å². The summed E-state index contributed by atoms with van der Waals surface area (Å²) in [4.78, 5) is 57.9. The lowest BCUT2D eigenvalue weighted by molar-refractivity contribution is -0.150. The standard InChI is InChI=1S/C50H57N5O9/c56-42-17-15-40(41-16-18-45(58)52-47(41)42)43(57)30-51-23-4-5-28-62-49(60)37-21-26-55(27-22-37)48(59)36-13-11-33(12-14-36)32-63-39-10-6-9-38(29-39)46(35-7-2-1-3-8-35)53-50(61)64-44-31-54-24-19-34(44)20-25-54/h1-3,6-18,29,34,37,43-44,46,51,56-57H,4-5,19-28,30-32H2,(H,52,58)(H,53,61)/t43-,44-,46?/m0/s1. The largest absolute Gasteiger partial charge is 0.506 e. The first-order chi connectivity index (χ1) is 31.2. The van der Waals surface area contributed by atoms with Gasteiger partial charge in [-0.1, -0.05) is 60.7 Å². The van der Waals surface area contributed by atoms with Crippen molar-refractivity contribution in [2.24, 2.45) is 11.8 Å². The number of esters is 1. The summed E-state index contributed by atoms with van der Waals surface area (Å²) >= 11 is 0. The average Bonchev–Trinajstić information content (AvgIpc) is 3.33. The molecule has 2 amide bonds. The number of nitrogens with one attached hydrogen (secondary N) is 3. The van der Waals surface area contributed by atoms with Gasteiger partial charge in [-0.2, -0.15) is 0 Å². The molecule has 64 heavy (non-hydrogen) atoms. The Balaban J connectivity index is 0.741. The third kappa shape index (κ3) is 11.1. The van der Waals surface area contributed by atoms with Crippen LogP contribution in [0.5, 0.6) is 11.5 Å². The Bertz CT molecular complexity index is 2430. The molecule has 0 aliphatic carbocycles. The first-order valence-corrected chi connectivity index (χ1v) is 22.4. The molecule has 14 nitrogen and oxygen atoms in total. The predicted octanol–water partition coefficient (Wildman–Crippen LogP) is 6.22. The molecule has 4 aromatic carbocycles. The van der Waals surface area contributed by atoms with Crippen molar-refractivity contribution in [1.82, 2.24) is 25.4 Å². The Morgan fingerprint density at radius 2 is 1.59 bits per heavy atom. The molecular formula is C50H57N5O9. The van der Waals surface area contributed by atoms with E-state index < -0.39 is 18.2 Å². The van der Waals surface area contributed by atoms with Crippen LogP contribution in [0.3, 0.4) is 0 Å². The van der Waals surface area contributed by atoms with Crippen molar-refractivity contribution in [3.8, 4) is 11.5 Å². The molecule has 5 heterocycles. The Morgan fingerprint density at radius 3 is 2.34 bits per heavy atom. The minimum atomic E-state index is -0.845. The minimum Gasteiger partial charge on any atom is -0.506 e. The van der Waals surface area contributed by atoms with Crippen molar-refractivity contribution in [2.75, 3.05) is 52.4 Å². The number of alkyl carbamates (subject to hydrolysis) is 1. The van der Waals surface area contributed by atoms with Gasteiger partial charge in [0.2, 0.25) is 5.56 Å². The number of likely N-dealkylation sites (tertiary alicyclic amines) is 1. The highest BCUT2D eigenvalue weighted by atomic mass is 16.6. The van der Waals surface area contributed by atoms with E-state index >= 15 is 0 Å². The number of piperidine rings is 4. The predicted molar refractivity (Wildman–Crippen MR) is 241 cm³/mol. The number of benzene rings is 4. The molecule has 0 saturated carbocycles. The number of phenols is 1. The Kier molecular flexibility index (Phi) is 14.5. The van der Waals surface area contributed by atoms with E-state index in [1.54, 1.807) is 17.0 Å². The van der Waals surface area contributed by atoms with E-state index in [1.165, 1.54) is 12.1 Å². The van der Waals surface area contributed by atoms with Gasteiger partial charge in [0.15, 0.2) is 0 Å². The number of rotatable bonds is 17. The quantitative estimate of drug-likeness (QED) is 0.0529. The maximum absolute atomic E-state index is 13.4. The number of aromatic nitrogens is 1. The third-order valence-corrected chi connectivity index (χ3v) is 12.8. The van der Waals surface area contributed by atoms with Gasteiger partial charge in [-0.15, -0.1) is 0 Å². The van der Waals surface area contributed by atoms with Crippen molar-refractivity contribution in [1.29, 1.82) is 0 Å². The van der Waals surface area contributed by atoms with Gasteiger partial charge < -0.3 is 44.9 Å². The van der Waals surface area contributed by atoms with Gasteiger partial charge in [0, 0.05) is 43.2 Å². The van der Waals surface area contributed by atoms with Crippen LogP contribution in [0.2, 0.25) is 0 Å². The second kappa shape index (κ2) is 21.0. The van der Waals surface area contributed by atoms with Crippen LogP contribution in [0.4, 0.5) is 4.79 Å². The molecule has 9 rings (SSSR count). The summed E-state index contributed by atoms with van der Waals surface area (Å²) in [7, 11) is 0. The molecule has 5 aromatic rings. The topological polar surface area (TPSA) is 183 Å². The number of hydrogen-bond donors (Lipinski definition) is 5. The van der Waals surface area contributed by atoms with E-state index in [1.807, 2.05) is 78.9 Å². The van der Waals surface area contributed by atoms with Gasteiger partial charge >= 0.3 is 12.1 Å². The summed E-state index contributed by atoms with van der Waals surface area (Å²) in [6, 6.07) is 30.5. The van der Waals surface area contributed by atoms with Gasteiger partial charge in [0.05, 0.1) is 30.2 Å². The fourth-order valence-corrected chi connectivity index (χ4v) is 9.07. The summed E-state index contributed by atoms with van der Waals surface area (Å²) < 4.78 is 17.8. The molecule has 0 radical (unpaired) electrons. The van der Waals surface area contributed by atoms with E-state index in [4.69, 9.17) is 14.2 Å². The maximum atomic E-state index is 13.4. The highest BCUT2D eigenvalue weighted by Crippen LogP contribution is 2.32. The highest BCUT2D eigenvalue weighted by Gasteiger charge is 2.37. The number of nitrogens with zero attached hydrogens (tertiary/aromatic N) is 2. The molecule has 1 aromatic heterocycles. The van der Waals surface area contributed by atoms with Crippen LogP contribution in [0, 0.1) is 11.8 Å².